The molecule has 1 fully saturated rings. The van der Waals surface area contributed by atoms with Gasteiger partial charge in [-0.25, -0.2) is 4.98 Å². The summed E-state index contributed by atoms with van der Waals surface area (Å²) in [5, 5.41) is 0. The third kappa shape index (κ3) is 4.37. The highest BCUT2D eigenvalue weighted by molar-refractivity contribution is 6.00. The van der Waals surface area contributed by atoms with Crippen LogP contribution in [0.25, 0.3) is 11.0 Å². The molecule has 0 aliphatic carbocycles. The molecule has 0 amide bonds. The molecule has 0 N–H and O–H groups in total. The van der Waals surface area contributed by atoms with Gasteiger partial charge in [0.15, 0.2) is 17.4 Å². The molecule has 0 radical (unpaired) electrons. The number of Topliss-reactive ketones (excluding diaryl/α,β-unsaturated/α-hetero) is 2. The fraction of sp³-hybridized carbons (Fsp3) is 0.417. The highest BCUT2D eigenvalue weighted by Crippen LogP contribution is 2.28. The van der Waals surface area contributed by atoms with E-state index in [1.165, 1.54) is 0 Å². The van der Waals surface area contributed by atoms with Crippen LogP contribution >= 0.6 is 0 Å². The number of likely N-dealkylation sites (N-methyl/N-ethyl adjacent to an activating group) is 1. The number of hydrogen-bond acceptors (Lipinski definition) is 6. The van der Waals surface area contributed by atoms with Gasteiger partial charge >= 0.3 is 0 Å². The summed E-state index contributed by atoms with van der Waals surface area (Å²) in [6.45, 7) is 5.83. The number of aromatic nitrogens is 3. The number of imidazole rings is 1. The Morgan fingerprint density at radius 2 is 1.71 bits per heavy atom. The molecule has 0 spiro atoms. The van der Waals surface area contributed by atoms with E-state index in [0.29, 0.717) is 30.8 Å². The molecule has 162 valence electrons. The van der Waals surface area contributed by atoms with E-state index in [1.807, 2.05) is 42.8 Å². The molecule has 1 aliphatic heterocycles. The average molecular weight is 420 g/mol. The van der Waals surface area contributed by atoms with Crippen LogP contribution < -0.4 is 4.90 Å². The number of carbonyl (C=O) groups is 2. The standard InChI is InChI=1S/C24H29N5O2/c1-17-7-6-12-25-22(17)20(30)10-5-11-21(31)24-26-18-8-4-9-19(23(18)28(24)3)29-15-13-27(2)14-16-29/h4,6-9,12H,5,10-11,13-16H2,1-3H3. The van der Waals surface area contributed by atoms with Crippen molar-refractivity contribution >= 4 is 28.3 Å². The highest BCUT2D eigenvalue weighted by Gasteiger charge is 2.22. The maximum atomic E-state index is 12.9. The topological polar surface area (TPSA) is 71.3 Å². The zero-order chi connectivity index (χ0) is 22.0. The molecule has 4 rings (SSSR count). The van der Waals surface area contributed by atoms with Gasteiger partial charge in [0, 0.05) is 52.3 Å². The smallest absolute Gasteiger partial charge is 0.198 e. The normalized spacial score (nSPS) is 14.9. The quantitative estimate of drug-likeness (QED) is 0.548. The Bertz CT molecular complexity index is 1110. The maximum Gasteiger partial charge on any atom is 0.198 e. The highest BCUT2D eigenvalue weighted by atomic mass is 16.1. The summed E-state index contributed by atoms with van der Waals surface area (Å²) in [5.74, 6) is 0.403. The summed E-state index contributed by atoms with van der Waals surface area (Å²) in [4.78, 5) is 38.8. The minimum absolute atomic E-state index is 0.0201. The number of ketones is 2. The number of nitrogens with zero attached hydrogens (tertiary/aromatic N) is 5. The first-order valence-electron chi connectivity index (χ1n) is 10.8. The largest absolute Gasteiger partial charge is 0.367 e. The monoisotopic (exact) mass is 419 g/mol. The second-order valence-corrected chi connectivity index (χ2v) is 8.30. The summed E-state index contributed by atoms with van der Waals surface area (Å²) < 4.78 is 1.91. The number of carbonyl (C=O) groups excluding carboxylic acids is 2. The molecule has 1 aliphatic rings. The van der Waals surface area contributed by atoms with E-state index in [4.69, 9.17) is 0 Å². The van der Waals surface area contributed by atoms with Crippen molar-refractivity contribution in [1.29, 1.82) is 0 Å². The predicted octanol–water partition coefficient (Wildman–Crippen LogP) is 3.26. The molecular weight excluding hydrogens is 390 g/mol. The van der Waals surface area contributed by atoms with Gasteiger partial charge in [-0.05, 0) is 44.2 Å². The van der Waals surface area contributed by atoms with E-state index >= 15 is 0 Å². The first-order valence-corrected chi connectivity index (χ1v) is 10.8. The fourth-order valence-corrected chi connectivity index (χ4v) is 4.22. The lowest BCUT2D eigenvalue weighted by atomic mass is 10.1. The van der Waals surface area contributed by atoms with E-state index in [2.05, 4.69) is 32.9 Å². The SMILES string of the molecule is Cc1cccnc1C(=O)CCCC(=O)c1nc2cccc(N3CCN(C)CC3)c2n1C. The van der Waals surface area contributed by atoms with Crippen molar-refractivity contribution in [2.75, 3.05) is 38.1 Å². The Kier molecular flexibility index (Phi) is 6.13. The molecule has 0 atom stereocenters. The molecule has 1 aromatic carbocycles. The van der Waals surface area contributed by atoms with Crippen LogP contribution in [0.4, 0.5) is 5.69 Å². The van der Waals surface area contributed by atoms with Crippen LogP contribution in [0.2, 0.25) is 0 Å². The molecule has 3 aromatic rings. The third-order valence-electron chi connectivity index (χ3n) is 6.05. The predicted molar refractivity (Wildman–Crippen MR) is 122 cm³/mol. The molecule has 0 bridgehead atoms. The second kappa shape index (κ2) is 8.98. The van der Waals surface area contributed by atoms with Gasteiger partial charge in [0.05, 0.1) is 16.7 Å². The molecule has 7 nitrogen and oxygen atoms in total. The number of aryl methyl sites for hydroxylation is 2. The van der Waals surface area contributed by atoms with Crippen LogP contribution in [0.15, 0.2) is 36.5 Å². The van der Waals surface area contributed by atoms with Gasteiger partial charge in [0.2, 0.25) is 0 Å². The molecule has 0 unspecified atom stereocenters. The number of benzene rings is 1. The second-order valence-electron chi connectivity index (χ2n) is 8.30. The number of piperazine rings is 1. The van der Waals surface area contributed by atoms with Crippen LogP contribution in [0.1, 0.15) is 45.9 Å². The summed E-state index contributed by atoms with van der Waals surface area (Å²) in [6, 6.07) is 9.77. The van der Waals surface area contributed by atoms with E-state index in [-0.39, 0.29) is 11.6 Å². The summed E-state index contributed by atoms with van der Waals surface area (Å²) in [5.41, 5.74) is 4.32. The zero-order valence-electron chi connectivity index (χ0n) is 18.5. The molecule has 2 aromatic heterocycles. The molecule has 0 saturated carbocycles. The van der Waals surface area contributed by atoms with E-state index < -0.39 is 0 Å². The van der Waals surface area contributed by atoms with Crippen molar-refractivity contribution in [1.82, 2.24) is 19.4 Å². The molecule has 3 heterocycles. The number of hydrogen-bond donors (Lipinski definition) is 0. The van der Waals surface area contributed by atoms with Gasteiger partial charge in [-0.2, -0.15) is 0 Å². The molecule has 31 heavy (non-hydrogen) atoms. The average Bonchev–Trinajstić information content (AvgIpc) is 3.11. The van der Waals surface area contributed by atoms with Crippen LogP contribution in [0.5, 0.6) is 0 Å². The van der Waals surface area contributed by atoms with Crippen LogP contribution in [-0.2, 0) is 7.05 Å². The van der Waals surface area contributed by atoms with Crippen LogP contribution in [0, 0.1) is 6.92 Å². The maximum absolute atomic E-state index is 12.9. The number of para-hydroxylation sites is 1. The number of rotatable bonds is 7. The van der Waals surface area contributed by atoms with Crippen molar-refractivity contribution in [3.8, 4) is 0 Å². The first-order chi connectivity index (χ1) is 15.0. The minimum Gasteiger partial charge on any atom is -0.367 e. The lowest BCUT2D eigenvalue weighted by Crippen LogP contribution is -2.44. The summed E-state index contributed by atoms with van der Waals surface area (Å²) in [7, 11) is 4.04. The van der Waals surface area contributed by atoms with Gasteiger partial charge in [0.1, 0.15) is 5.69 Å². The Balaban J connectivity index is 1.47. The Morgan fingerprint density at radius 1 is 0.968 bits per heavy atom. The Labute approximate surface area is 182 Å². The van der Waals surface area contributed by atoms with Gasteiger partial charge < -0.3 is 14.4 Å². The van der Waals surface area contributed by atoms with Crippen molar-refractivity contribution in [2.45, 2.75) is 26.2 Å². The van der Waals surface area contributed by atoms with Gasteiger partial charge in [-0.15, -0.1) is 0 Å². The molecular formula is C24H29N5O2. The Hall–Kier alpha value is -3.06. The summed E-state index contributed by atoms with van der Waals surface area (Å²) >= 11 is 0. The molecule has 7 heteroatoms. The lowest BCUT2D eigenvalue weighted by molar-refractivity contribution is 0.0947. The van der Waals surface area contributed by atoms with E-state index in [1.54, 1.807) is 6.20 Å². The van der Waals surface area contributed by atoms with Crippen molar-refractivity contribution in [3.05, 3.63) is 53.6 Å². The third-order valence-corrected chi connectivity index (χ3v) is 6.05. The number of pyridine rings is 1. The molecule has 1 saturated heterocycles. The summed E-state index contributed by atoms with van der Waals surface area (Å²) in [6.07, 6.45) is 2.71. The van der Waals surface area contributed by atoms with Crippen molar-refractivity contribution in [2.24, 2.45) is 7.05 Å². The van der Waals surface area contributed by atoms with Crippen molar-refractivity contribution in [3.63, 3.8) is 0 Å². The van der Waals surface area contributed by atoms with Gasteiger partial charge in [-0.3, -0.25) is 14.6 Å². The number of fused-ring (bicyclic) bond motifs is 1. The van der Waals surface area contributed by atoms with E-state index in [9.17, 15) is 9.59 Å². The van der Waals surface area contributed by atoms with Gasteiger partial charge in [0.25, 0.3) is 0 Å². The van der Waals surface area contributed by atoms with Crippen LogP contribution in [-0.4, -0.2) is 64.2 Å². The van der Waals surface area contributed by atoms with E-state index in [0.717, 1.165) is 48.5 Å². The van der Waals surface area contributed by atoms with Crippen LogP contribution in [0.3, 0.4) is 0 Å². The lowest BCUT2D eigenvalue weighted by Gasteiger charge is -2.34. The van der Waals surface area contributed by atoms with Crippen molar-refractivity contribution < 1.29 is 9.59 Å². The zero-order valence-corrected chi connectivity index (χ0v) is 18.5. The minimum atomic E-state index is -0.0337. The fourth-order valence-electron chi connectivity index (χ4n) is 4.22. The Morgan fingerprint density at radius 3 is 2.45 bits per heavy atom. The first kappa shape index (κ1) is 21.2. The number of anilines is 1. The van der Waals surface area contributed by atoms with Gasteiger partial charge in [-0.1, -0.05) is 12.1 Å².